The molecular formula is C15H27N3O. The highest BCUT2D eigenvalue weighted by Gasteiger charge is 2.09. The van der Waals surface area contributed by atoms with Crippen LogP contribution in [0.1, 0.15) is 59.2 Å². The van der Waals surface area contributed by atoms with Gasteiger partial charge in [-0.1, -0.05) is 41.0 Å². The standard InChI is InChI=1S/C15H27N3O/c1-6-7-8-16-13-9-14(19-10-11(2)3)18-15(17-13)12(4)5/h9,11-12H,6-8,10H2,1-5H3,(H,16,17,18). The minimum Gasteiger partial charge on any atom is -0.477 e. The molecule has 1 heterocycles. The third-order valence-corrected chi connectivity index (χ3v) is 2.64. The van der Waals surface area contributed by atoms with Crippen molar-refractivity contribution in [1.82, 2.24) is 9.97 Å². The Labute approximate surface area is 117 Å². The third-order valence-electron chi connectivity index (χ3n) is 2.64. The molecule has 0 unspecified atom stereocenters. The molecule has 0 amide bonds. The van der Waals surface area contributed by atoms with Crippen molar-refractivity contribution in [1.29, 1.82) is 0 Å². The predicted octanol–water partition coefficient (Wildman–Crippen LogP) is 3.85. The summed E-state index contributed by atoms with van der Waals surface area (Å²) in [5, 5.41) is 3.34. The molecule has 0 atom stereocenters. The highest BCUT2D eigenvalue weighted by Crippen LogP contribution is 2.19. The van der Waals surface area contributed by atoms with Crippen LogP contribution in [-0.2, 0) is 0 Å². The number of hydrogen-bond acceptors (Lipinski definition) is 4. The van der Waals surface area contributed by atoms with Crippen LogP contribution in [-0.4, -0.2) is 23.1 Å². The van der Waals surface area contributed by atoms with Crippen molar-refractivity contribution in [2.45, 2.75) is 53.4 Å². The van der Waals surface area contributed by atoms with Crippen molar-refractivity contribution in [3.8, 4) is 5.88 Å². The van der Waals surface area contributed by atoms with Gasteiger partial charge in [0.15, 0.2) is 0 Å². The van der Waals surface area contributed by atoms with E-state index in [0.29, 0.717) is 24.3 Å². The van der Waals surface area contributed by atoms with E-state index in [9.17, 15) is 0 Å². The molecule has 1 N–H and O–H groups in total. The number of hydrogen-bond donors (Lipinski definition) is 1. The molecule has 1 rings (SSSR count). The normalized spacial score (nSPS) is 11.1. The first-order valence-electron chi connectivity index (χ1n) is 7.28. The zero-order valence-corrected chi connectivity index (χ0v) is 12.9. The van der Waals surface area contributed by atoms with Crippen LogP contribution in [0.3, 0.4) is 0 Å². The van der Waals surface area contributed by atoms with Crippen molar-refractivity contribution in [2.24, 2.45) is 5.92 Å². The van der Waals surface area contributed by atoms with Gasteiger partial charge in [0.05, 0.1) is 6.61 Å². The van der Waals surface area contributed by atoms with Crippen LogP contribution < -0.4 is 10.1 Å². The summed E-state index contributed by atoms with van der Waals surface area (Å²) in [5.41, 5.74) is 0. The van der Waals surface area contributed by atoms with Crippen LogP contribution in [0.5, 0.6) is 5.88 Å². The van der Waals surface area contributed by atoms with Gasteiger partial charge < -0.3 is 10.1 Å². The SMILES string of the molecule is CCCCNc1cc(OCC(C)C)nc(C(C)C)n1. The van der Waals surface area contributed by atoms with Crippen molar-refractivity contribution in [3.63, 3.8) is 0 Å². The monoisotopic (exact) mass is 265 g/mol. The average molecular weight is 265 g/mol. The average Bonchev–Trinajstić information content (AvgIpc) is 2.36. The molecule has 0 aliphatic heterocycles. The topological polar surface area (TPSA) is 47.0 Å². The first-order chi connectivity index (χ1) is 9.02. The van der Waals surface area contributed by atoms with Gasteiger partial charge >= 0.3 is 0 Å². The van der Waals surface area contributed by atoms with Crippen LogP contribution in [0.25, 0.3) is 0 Å². The Balaban J connectivity index is 2.78. The largest absolute Gasteiger partial charge is 0.477 e. The second-order valence-corrected chi connectivity index (χ2v) is 5.59. The Bertz CT molecular complexity index is 378. The quantitative estimate of drug-likeness (QED) is 0.725. The van der Waals surface area contributed by atoms with E-state index < -0.39 is 0 Å². The third kappa shape index (κ3) is 5.90. The number of aromatic nitrogens is 2. The Kier molecular flexibility index (Phi) is 6.60. The molecule has 0 aromatic carbocycles. The first kappa shape index (κ1) is 15.7. The molecule has 0 aliphatic carbocycles. The van der Waals surface area contributed by atoms with E-state index >= 15 is 0 Å². The number of nitrogens with zero attached hydrogens (tertiary/aromatic N) is 2. The fourth-order valence-corrected chi connectivity index (χ4v) is 1.51. The summed E-state index contributed by atoms with van der Waals surface area (Å²) in [6, 6.07) is 1.89. The molecule has 0 fully saturated rings. The van der Waals surface area contributed by atoms with Crippen molar-refractivity contribution < 1.29 is 4.74 Å². The maximum atomic E-state index is 5.71. The molecule has 0 saturated carbocycles. The molecule has 108 valence electrons. The highest BCUT2D eigenvalue weighted by molar-refractivity contribution is 5.38. The van der Waals surface area contributed by atoms with E-state index in [4.69, 9.17) is 4.74 Å². The molecule has 4 nitrogen and oxygen atoms in total. The van der Waals surface area contributed by atoms with Gasteiger partial charge in [-0.15, -0.1) is 0 Å². The Morgan fingerprint density at radius 3 is 2.53 bits per heavy atom. The summed E-state index contributed by atoms with van der Waals surface area (Å²) < 4.78 is 5.71. The Morgan fingerprint density at radius 1 is 1.21 bits per heavy atom. The summed E-state index contributed by atoms with van der Waals surface area (Å²) in [6.45, 7) is 12.3. The summed E-state index contributed by atoms with van der Waals surface area (Å²) in [5.74, 6) is 3.17. The Hall–Kier alpha value is -1.32. The van der Waals surface area contributed by atoms with E-state index in [0.717, 1.165) is 24.6 Å². The summed E-state index contributed by atoms with van der Waals surface area (Å²) in [7, 11) is 0. The molecular weight excluding hydrogens is 238 g/mol. The molecule has 1 aromatic rings. The molecule has 0 radical (unpaired) electrons. The highest BCUT2D eigenvalue weighted by atomic mass is 16.5. The van der Waals surface area contributed by atoms with Gasteiger partial charge in [0.2, 0.25) is 5.88 Å². The van der Waals surface area contributed by atoms with E-state index in [1.54, 1.807) is 0 Å². The lowest BCUT2D eigenvalue weighted by molar-refractivity contribution is 0.260. The number of unbranched alkanes of at least 4 members (excludes halogenated alkanes) is 1. The fourth-order valence-electron chi connectivity index (χ4n) is 1.51. The lowest BCUT2D eigenvalue weighted by Crippen LogP contribution is -2.10. The minimum atomic E-state index is 0.300. The van der Waals surface area contributed by atoms with Gasteiger partial charge in [-0.3, -0.25) is 0 Å². The Morgan fingerprint density at radius 2 is 1.95 bits per heavy atom. The predicted molar refractivity (Wildman–Crippen MR) is 79.9 cm³/mol. The zero-order valence-electron chi connectivity index (χ0n) is 12.9. The van der Waals surface area contributed by atoms with Crippen LogP contribution >= 0.6 is 0 Å². The molecule has 0 bridgehead atoms. The van der Waals surface area contributed by atoms with Crippen molar-refractivity contribution >= 4 is 5.82 Å². The second-order valence-electron chi connectivity index (χ2n) is 5.59. The first-order valence-corrected chi connectivity index (χ1v) is 7.28. The van der Waals surface area contributed by atoms with Gasteiger partial charge in [0, 0.05) is 18.5 Å². The van der Waals surface area contributed by atoms with Gasteiger partial charge in [0.1, 0.15) is 11.6 Å². The number of nitrogens with one attached hydrogen (secondary N) is 1. The van der Waals surface area contributed by atoms with Crippen LogP contribution in [0.2, 0.25) is 0 Å². The van der Waals surface area contributed by atoms with Crippen LogP contribution in [0.15, 0.2) is 6.07 Å². The summed E-state index contributed by atoms with van der Waals surface area (Å²) >= 11 is 0. The fraction of sp³-hybridized carbons (Fsp3) is 0.733. The maximum Gasteiger partial charge on any atom is 0.218 e. The van der Waals surface area contributed by atoms with Gasteiger partial charge in [-0.05, 0) is 12.3 Å². The second kappa shape index (κ2) is 7.97. The van der Waals surface area contributed by atoms with Gasteiger partial charge in [-0.2, -0.15) is 4.98 Å². The van der Waals surface area contributed by atoms with E-state index in [1.807, 2.05) is 6.07 Å². The molecule has 1 aromatic heterocycles. The lowest BCUT2D eigenvalue weighted by Gasteiger charge is -2.13. The molecule has 19 heavy (non-hydrogen) atoms. The van der Waals surface area contributed by atoms with Crippen molar-refractivity contribution in [3.05, 3.63) is 11.9 Å². The van der Waals surface area contributed by atoms with E-state index in [1.165, 1.54) is 6.42 Å². The van der Waals surface area contributed by atoms with E-state index in [2.05, 4.69) is 49.9 Å². The number of ether oxygens (including phenoxy) is 1. The molecule has 0 saturated heterocycles. The zero-order chi connectivity index (χ0) is 14.3. The van der Waals surface area contributed by atoms with Gasteiger partial charge in [0.25, 0.3) is 0 Å². The summed E-state index contributed by atoms with van der Waals surface area (Å²) in [4.78, 5) is 8.99. The van der Waals surface area contributed by atoms with Gasteiger partial charge in [-0.25, -0.2) is 4.98 Å². The lowest BCUT2D eigenvalue weighted by atomic mass is 10.2. The van der Waals surface area contributed by atoms with Crippen LogP contribution in [0, 0.1) is 5.92 Å². The molecule has 0 aliphatic rings. The maximum absolute atomic E-state index is 5.71. The molecule has 0 spiro atoms. The molecule has 4 heteroatoms. The minimum absolute atomic E-state index is 0.300. The smallest absolute Gasteiger partial charge is 0.218 e. The number of rotatable bonds is 8. The van der Waals surface area contributed by atoms with Crippen molar-refractivity contribution in [2.75, 3.05) is 18.5 Å². The summed E-state index contributed by atoms with van der Waals surface area (Å²) in [6.07, 6.45) is 2.31. The number of anilines is 1. The van der Waals surface area contributed by atoms with E-state index in [-0.39, 0.29) is 0 Å². The van der Waals surface area contributed by atoms with Crippen LogP contribution in [0.4, 0.5) is 5.82 Å².